The van der Waals surface area contributed by atoms with Gasteiger partial charge in [-0.2, -0.15) is 0 Å². The highest BCUT2D eigenvalue weighted by Gasteiger charge is 2.07. The second-order valence-electron chi connectivity index (χ2n) is 4.97. The van der Waals surface area contributed by atoms with Crippen molar-refractivity contribution in [1.29, 1.82) is 0 Å². The summed E-state index contributed by atoms with van der Waals surface area (Å²) < 4.78 is 0. The van der Waals surface area contributed by atoms with Crippen molar-refractivity contribution in [3.8, 4) is 0 Å². The molecule has 1 atom stereocenters. The lowest BCUT2D eigenvalue weighted by molar-refractivity contribution is 0.313. The van der Waals surface area contributed by atoms with E-state index in [4.69, 9.17) is 5.73 Å². The van der Waals surface area contributed by atoms with Gasteiger partial charge in [0.2, 0.25) is 0 Å². The maximum Gasteiger partial charge on any atom is 0.0307 e. The summed E-state index contributed by atoms with van der Waals surface area (Å²) in [7, 11) is 2.18. The number of benzene rings is 1. The summed E-state index contributed by atoms with van der Waals surface area (Å²) in [5.74, 6) is 0. The topological polar surface area (TPSA) is 29.3 Å². The quantitative estimate of drug-likeness (QED) is 0.785. The van der Waals surface area contributed by atoms with Crippen molar-refractivity contribution in [3.05, 3.63) is 35.4 Å². The molecule has 0 aliphatic carbocycles. The molecule has 0 fully saturated rings. The van der Waals surface area contributed by atoms with Crippen LogP contribution in [0.4, 0.5) is 0 Å². The van der Waals surface area contributed by atoms with Gasteiger partial charge in [-0.25, -0.2) is 0 Å². The molecule has 2 N–H and O–H groups in total. The Hall–Kier alpha value is -0.860. The van der Waals surface area contributed by atoms with Gasteiger partial charge < -0.3 is 10.6 Å². The minimum atomic E-state index is 0.166. The van der Waals surface area contributed by atoms with E-state index in [1.54, 1.807) is 0 Å². The number of unbranched alkanes of at least 4 members (excludes halogenated alkanes) is 1. The van der Waals surface area contributed by atoms with Crippen molar-refractivity contribution in [2.24, 2.45) is 5.73 Å². The summed E-state index contributed by atoms with van der Waals surface area (Å²) in [5, 5.41) is 0. The average Bonchev–Trinajstić information content (AvgIpc) is 2.33. The Morgan fingerprint density at radius 2 is 2.06 bits per heavy atom. The summed E-state index contributed by atoms with van der Waals surface area (Å²) in [6.07, 6.45) is 3.56. The molecule has 1 rings (SSSR count). The van der Waals surface area contributed by atoms with E-state index in [0.717, 1.165) is 13.0 Å². The van der Waals surface area contributed by atoms with E-state index < -0.39 is 0 Å². The average molecular weight is 234 g/mol. The second kappa shape index (κ2) is 7.46. The van der Waals surface area contributed by atoms with E-state index in [9.17, 15) is 0 Å². The molecule has 0 aliphatic rings. The molecular weight excluding hydrogens is 208 g/mol. The lowest BCUT2D eigenvalue weighted by Crippen LogP contribution is -2.24. The molecule has 17 heavy (non-hydrogen) atoms. The van der Waals surface area contributed by atoms with Gasteiger partial charge in [0.1, 0.15) is 0 Å². The fraction of sp³-hybridized carbons (Fsp3) is 0.600. The van der Waals surface area contributed by atoms with Gasteiger partial charge in [-0.05, 0) is 45.5 Å². The zero-order chi connectivity index (χ0) is 12.7. The molecule has 1 aromatic rings. The van der Waals surface area contributed by atoms with Gasteiger partial charge in [0, 0.05) is 6.04 Å². The van der Waals surface area contributed by atoms with Crippen molar-refractivity contribution in [2.45, 2.75) is 39.2 Å². The van der Waals surface area contributed by atoms with Crippen LogP contribution >= 0.6 is 0 Å². The molecule has 0 spiro atoms. The summed E-state index contributed by atoms with van der Waals surface area (Å²) in [6, 6.07) is 8.69. The van der Waals surface area contributed by atoms with Crippen LogP contribution in [0, 0.1) is 6.92 Å². The summed E-state index contributed by atoms with van der Waals surface area (Å²) in [6.45, 7) is 6.60. The van der Waals surface area contributed by atoms with Gasteiger partial charge >= 0.3 is 0 Å². The third kappa shape index (κ3) is 5.33. The molecule has 0 heterocycles. The Balaban J connectivity index is 2.36. The van der Waals surface area contributed by atoms with Crippen LogP contribution in [0.3, 0.4) is 0 Å². The number of nitrogens with two attached hydrogens (primary N) is 1. The van der Waals surface area contributed by atoms with Gasteiger partial charge in [0.05, 0.1) is 0 Å². The molecule has 0 saturated carbocycles. The molecular formula is C15H26N2. The smallest absolute Gasteiger partial charge is 0.0307 e. The molecule has 2 nitrogen and oxygen atoms in total. The molecule has 0 radical (unpaired) electrons. The Morgan fingerprint density at radius 1 is 1.29 bits per heavy atom. The molecule has 0 saturated heterocycles. The van der Waals surface area contributed by atoms with Crippen molar-refractivity contribution in [1.82, 2.24) is 4.90 Å². The third-order valence-electron chi connectivity index (χ3n) is 3.19. The molecule has 0 amide bonds. The van der Waals surface area contributed by atoms with E-state index in [1.165, 1.54) is 30.5 Å². The van der Waals surface area contributed by atoms with Crippen LogP contribution in [0.25, 0.3) is 0 Å². The maximum absolute atomic E-state index is 6.21. The van der Waals surface area contributed by atoms with Crippen LogP contribution in [0.5, 0.6) is 0 Å². The normalized spacial score (nSPS) is 13.0. The Kier molecular flexibility index (Phi) is 6.23. The molecule has 96 valence electrons. The van der Waals surface area contributed by atoms with Gasteiger partial charge in [-0.3, -0.25) is 0 Å². The zero-order valence-corrected chi connectivity index (χ0v) is 11.4. The van der Waals surface area contributed by atoms with Crippen LogP contribution in [0.2, 0.25) is 0 Å². The fourth-order valence-corrected chi connectivity index (χ4v) is 1.97. The van der Waals surface area contributed by atoms with E-state index in [-0.39, 0.29) is 6.04 Å². The first kappa shape index (κ1) is 14.2. The molecule has 2 heteroatoms. The number of nitrogens with zero attached hydrogens (tertiary/aromatic N) is 1. The summed E-state index contributed by atoms with van der Waals surface area (Å²) >= 11 is 0. The zero-order valence-electron chi connectivity index (χ0n) is 11.4. The van der Waals surface area contributed by atoms with Crippen molar-refractivity contribution < 1.29 is 0 Å². The first-order chi connectivity index (χ1) is 8.13. The largest absolute Gasteiger partial charge is 0.324 e. The van der Waals surface area contributed by atoms with Crippen LogP contribution in [-0.4, -0.2) is 25.0 Å². The first-order valence-corrected chi connectivity index (χ1v) is 6.64. The number of hydrogen-bond donors (Lipinski definition) is 1. The van der Waals surface area contributed by atoms with Crippen LogP contribution in [0.1, 0.15) is 43.4 Å². The van der Waals surface area contributed by atoms with Crippen LogP contribution in [-0.2, 0) is 0 Å². The molecule has 1 unspecified atom stereocenters. The highest BCUT2D eigenvalue weighted by Crippen LogP contribution is 2.15. The highest BCUT2D eigenvalue weighted by molar-refractivity contribution is 5.24. The van der Waals surface area contributed by atoms with Crippen molar-refractivity contribution in [3.63, 3.8) is 0 Å². The van der Waals surface area contributed by atoms with Crippen LogP contribution in [0.15, 0.2) is 24.3 Å². The Bertz CT molecular complexity index is 322. The minimum Gasteiger partial charge on any atom is -0.324 e. The highest BCUT2D eigenvalue weighted by atomic mass is 15.1. The van der Waals surface area contributed by atoms with Gasteiger partial charge in [0.25, 0.3) is 0 Å². The van der Waals surface area contributed by atoms with Crippen molar-refractivity contribution in [2.75, 3.05) is 20.1 Å². The van der Waals surface area contributed by atoms with E-state index in [2.05, 4.69) is 50.1 Å². The minimum absolute atomic E-state index is 0.166. The standard InChI is InChI=1S/C15H26N2/c1-4-5-10-17(3)11-9-15(16)14-8-6-7-13(2)12-14/h6-8,12,15H,4-5,9-11,16H2,1-3H3. The Labute approximate surface area is 106 Å². The third-order valence-corrected chi connectivity index (χ3v) is 3.19. The maximum atomic E-state index is 6.21. The fourth-order valence-electron chi connectivity index (χ4n) is 1.97. The molecule has 0 aliphatic heterocycles. The van der Waals surface area contributed by atoms with Crippen molar-refractivity contribution >= 4 is 0 Å². The van der Waals surface area contributed by atoms with Crippen LogP contribution < -0.4 is 5.73 Å². The predicted octanol–water partition coefficient (Wildman–Crippen LogP) is 3.12. The lowest BCUT2D eigenvalue weighted by Gasteiger charge is -2.19. The number of aryl methyl sites for hydroxylation is 1. The molecule has 0 aromatic heterocycles. The SMILES string of the molecule is CCCCN(C)CCC(N)c1cccc(C)c1. The monoisotopic (exact) mass is 234 g/mol. The van der Waals surface area contributed by atoms with E-state index >= 15 is 0 Å². The predicted molar refractivity (Wildman–Crippen MR) is 75.1 cm³/mol. The Morgan fingerprint density at radius 3 is 2.71 bits per heavy atom. The number of hydrogen-bond acceptors (Lipinski definition) is 2. The second-order valence-corrected chi connectivity index (χ2v) is 4.97. The van der Waals surface area contributed by atoms with Gasteiger partial charge in [0.15, 0.2) is 0 Å². The molecule has 1 aromatic carbocycles. The lowest BCUT2D eigenvalue weighted by atomic mass is 10.0. The van der Waals surface area contributed by atoms with E-state index in [0.29, 0.717) is 0 Å². The summed E-state index contributed by atoms with van der Waals surface area (Å²) in [5.41, 5.74) is 8.76. The van der Waals surface area contributed by atoms with E-state index in [1.807, 2.05) is 0 Å². The van der Waals surface area contributed by atoms with Gasteiger partial charge in [-0.1, -0.05) is 43.2 Å². The molecule has 0 bridgehead atoms. The first-order valence-electron chi connectivity index (χ1n) is 6.64. The summed E-state index contributed by atoms with van der Waals surface area (Å²) in [4.78, 5) is 2.37. The van der Waals surface area contributed by atoms with Gasteiger partial charge in [-0.15, -0.1) is 0 Å². The number of rotatable bonds is 7.